The fourth-order valence-electron chi connectivity index (χ4n) is 1.00. The molecule has 1 heterocycles. The van der Waals surface area contributed by atoms with Crippen molar-refractivity contribution >= 4 is 0 Å². The predicted molar refractivity (Wildman–Crippen MR) is 44.7 cm³/mol. The van der Waals surface area contributed by atoms with Crippen molar-refractivity contribution in [3.63, 3.8) is 0 Å². The highest BCUT2D eigenvalue weighted by Gasteiger charge is 2.31. The molecule has 1 atom stereocenters. The second kappa shape index (κ2) is 3.45. The van der Waals surface area contributed by atoms with E-state index >= 15 is 0 Å². The third-order valence-corrected chi connectivity index (χ3v) is 1.75. The van der Waals surface area contributed by atoms with Gasteiger partial charge in [0.2, 0.25) is 0 Å². The van der Waals surface area contributed by atoms with Gasteiger partial charge < -0.3 is 10.7 Å². The monoisotopic (exact) mass is 206 g/mol. The van der Waals surface area contributed by atoms with Gasteiger partial charge in [-0.1, -0.05) is 0 Å². The van der Waals surface area contributed by atoms with Gasteiger partial charge in [0.1, 0.15) is 0 Å². The molecule has 78 valence electrons. The van der Waals surface area contributed by atoms with Crippen LogP contribution in [0.15, 0.2) is 17.1 Å². The largest absolute Gasteiger partial charge is 0.417 e. The number of pyridine rings is 1. The molecule has 0 spiro atoms. The quantitative estimate of drug-likeness (QED) is 0.729. The summed E-state index contributed by atoms with van der Waals surface area (Å²) in [5.74, 6) is 0. The third kappa shape index (κ3) is 2.14. The van der Waals surface area contributed by atoms with E-state index in [4.69, 9.17) is 5.73 Å². The van der Waals surface area contributed by atoms with E-state index in [2.05, 4.69) is 0 Å². The Balaban J connectivity index is 3.27. The normalized spacial score (nSPS) is 14.1. The summed E-state index contributed by atoms with van der Waals surface area (Å²) in [5, 5.41) is 0. The predicted octanol–water partition coefficient (Wildman–Crippen LogP) is 1.41. The fraction of sp³-hybridized carbons (Fsp3) is 0.375. The molecule has 0 saturated heterocycles. The number of nitrogens with one attached hydrogen (secondary N) is 1. The molecule has 3 N–H and O–H groups in total. The lowest BCUT2D eigenvalue weighted by molar-refractivity contribution is -0.137. The van der Waals surface area contributed by atoms with Gasteiger partial charge in [0.15, 0.2) is 0 Å². The number of halogens is 3. The molecule has 14 heavy (non-hydrogen) atoms. The average Bonchev–Trinajstić information content (AvgIpc) is 2.02. The first-order chi connectivity index (χ1) is 6.32. The van der Waals surface area contributed by atoms with E-state index in [-0.39, 0.29) is 5.56 Å². The number of aromatic amines is 1. The topological polar surface area (TPSA) is 58.9 Å². The Morgan fingerprint density at radius 1 is 1.50 bits per heavy atom. The van der Waals surface area contributed by atoms with Crippen molar-refractivity contribution in [2.75, 3.05) is 0 Å². The Morgan fingerprint density at radius 2 is 2.07 bits per heavy atom. The zero-order valence-corrected chi connectivity index (χ0v) is 7.35. The summed E-state index contributed by atoms with van der Waals surface area (Å²) in [6.45, 7) is 1.45. The highest BCUT2D eigenvalue weighted by molar-refractivity contribution is 5.22. The molecule has 0 aliphatic rings. The van der Waals surface area contributed by atoms with Gasteiger partial charge in [-0.2, -0.15) is 13.2 Å². The third-order valence-electron chi connectivity index (χ3n) is 1.75. The number of nitrogens with two attached hydrogens (primary N) is 1. The van der Waals surface area contributed by atoms with Gasteiger partial charge in [0.25, 0.3) is 5.56 Å². The minimum Gasteiger partial charge on any atom is -0.328 e. The van der Waals surface area contributed by atoms with E-state index in [0.717, 1.165) is 6.07 Å². The van der Waals surface area contributed by atoms with Crippen LogP contribution in [0.5, 0.6) is 0 Å². The zero-order chi connectivity index (χ0) is 10.9. The van der Waals surface area contributed by atoms with Crippen LogP contribution in [0.2, 0.25) is 0 Å². The van der Waals surface area contributed by atoms with Crippen molar-refractivity contribution in [1.82, 2.24) is 4.98 Å². The van der Waals surface area contributed by atoms with E-state index < -0.39 is 23.3 Å². The van der Waals surface area contributed by atoms with Crippen molar-refractivity contribution in [3.8, 4) is 0 Å². The van der Waals surface area contributed by atoms with Gasteiger partial charge in [-0.05, 0) is 13.0 Å². The molecule has 1 unspecified atom stereocenters. The second-order valence-electron chi connectivity index (χ2n) is 2.96. The zero-order valence-electron chi connectivity index (χ0n) is 7.35. The molecular weight excluding hydrogens is 197 g/mol. The van der Waals surface area contributed by atoms with Crippen LogP contribution in [-0.4, -0.2) is 4.98 Å². The number of hydrogen-bond acceptors (Lipinski definition) is 2. The van der Waals surface area contributed by atoms with Crippen LogP contribution in [0, 0.1) is 0 Å². The van der Waals surface area contributed by atoms with Crippen LogP contribution < -0.4 is 11.3 Å². The highest BCUT2D eigenvalue weighted by atomic mass is 19.4. The summed E-state index contributed by atoms with van der Waals surface area (Å²) >= 11 is 0. The Kier molecular flexibility index (Phi) is 2.66. The van der Waals surface area contributed by atoms with Gasteiger partial charge in [0, 0.05) is 17.8 Å². The van der Waals surface area contributed by atoms with Gasteiger partial charge in [0.05, 0.1) is 5.56 Å². The number of hydrogen-bond donors (Lipinski definition) is 2. The maximum Gasteiger partial charge on any atom is 0.417 e. The minimum atomic E-state index is -4.46. The summed E-state index contributed by atoms with van der Waals surface area (Å²) in [7, 11) is 0. The number of alkyl halides is 3. The smallest absolute Gasteiger partial charge is 0.328 e. The van der Waals surface area contributed by atoms with E-state index in [1.165, 1.54) is 6.92 Å². The van der Waals surface area contributed by atoms with Crippen molar-refractivity contribution in [3.05, 3.63) is 33.7 Å². The Hall–Kier alpha value is -1.30. The summed E-state index contributed by atoms with van der Waals surface area (Å²) < 4.78 is 36.6. The molecule has 0 fully saturated rings. The minimum absolute atomic E-state index is 0.0696. The first-order valence-electron chi connectivity index (χ1n) is 3.88. The van der Waals surface area contributed by atoms with Crippen molar-refractivity contribution in [2.24, 2.45) is 5.73 Å². The molecule has 0 aliphatic carbocycles. The number of H-pyrrole nitrogens is 1. The summed E-state index contributed by atoms with van der Waals surface area (Å²) in [4.78, 5) is 13.0. The van der Waals surface area contributed by atoms with Gasteiger partial charge in [-0.15, -0.1) is 0 Å². The van der Waals surface area contributed by atoms with E-state index in [1.807, 2.05) is 4.98 Å². The van der Waals surface area contributed by atoms with E-state index in [1.54, 1.807) is 0 Å². The van der Waals surface area contributed by atoms with Crippen molar-refractivity contribution in [1.29, 1.82) is 0 Å². The maximum absolute atomic E-state index is 12.2. The lowest BCUT2D eigenvalue weighted by Crippen LogP contribution is -2.21. The van der Waals surface area contributed by atoms with Crippen molar-refractivity contribution in [2.45, 2.75) is 19.1 Å². The lowest BCUT2D eigenvalue weighted by atomic mass is 10.1. The van der Waals surface area contributed by atoms with Gasteiger partial charge in [-0.3, -0.25) is 4.79 Å². The molecule has 6 heteroatoms. The van der Waals surface area contributed by atoms with Crippen LogP contribution in [-0.2, 0) is 6.18 Å². The van der Waals surface area contributed by atoms with E-state index in [0.29, 0.717) is 6.20 Å². The fourth-order valence-corrected chi connectivity index (χ4v) is 1.00. The average molecular weight is 206 g/mol. The number of aromatic nitrogens is 1. The second-order valence-corrected chi connectivity index (χ2v) is 2.96. The van der Waals surface area contributed by atoms with Gasteiger partial charge in [-0.25, -0.2) is 0 Å². The molecule has 0 aromatic carbocycles. The van der Waals surface area contributed by atoms with Crippen LogP contribution in [0.3, 0.4) is 0 Å². The van der Waals surface area contributed by atoms with Gasteiger partial charge >= 0.3 is 6.18 Å². The first kappa shape index (κ1) is 10.8. The number of rotatable bonds is 1. The highest BCUT2D eigenvalue weighted by Crippen LogP contribution is 2.28. The molecule has 3 nitrogen and oxygen atoms in total. The molecule has 0 aliphatic heterocycles. The maximum atomic E-state index is 12.2. The van der Waals surface area contributed by atoms with Crippen LogP contribution >= 0.6 is 0 Å². The Labute approximate surface area is 77.7 Å². The Morgan fingerprint density at radius 3 is 2.50 bits per heavy atom. The first-order valence-corrected chi connectivity index (χ1v) is 3.88. The van der Waals surface area contributed by atoms with Crippen LogP contribution in [0.1, 0.15) is 24.1 Å². The molecule has 1 aromatic rings. The summed E-state index contributed by atoms with van der Waals surface area (Å²) in [6.07, 6.45) is -3.83. The molecule has 1 aromatic heterocycles. The molecule has 1 rings (SSSR count). The van der Waals surface area contributed by atoms with Crippen LogP contribution in [0.25, 0.3) is 0 Å². The molecule has 0 saturated carbocycles. The van der Waals surface area contributed by atoms with Crippen molar-refractivity contribution < 1.29 is 13.2 Å². The Bertz CT molecular complexity index is 381. The summed E-state index contributed by atoms with van der Waals surface area (Å²) in [6, 6.07) is 0.0461. The molecule has 0 amide bonds. The standard InChI is InChI=1S/C8H9F3N2O/c1-4(12)6-2-5(8(9,10)11)3-13-7(6)14/h2-4H,12H2,1H3,(H,13,14). The molecular formula is C8H9F3N2O. The molecule has 0 radical (unpaired) electrons. The summed E-state index contributed by atoms with van der Waals surface area (Å²) in [5.41, 5.74) is 3.78. The van der Waals surface area contributed by atoms with Crippen LogP contribution in [0.4, 0.5) is 13.2 Å². The molecule has 0 bridgehead atoms. The lowest BCUT2D eigenvalue weighted by Gasteiger charge is -2.09. The SMILES string of the molecule is CC(N)c1cc(C(F)(F)F)c[nH]c1=O. The van der Waals surface area contributed by atoms with E-state index in [9.17, 15) is 18.0 Å².